The van der Waals surface area contributed by atoms with Gasteiger partial charge in [-0.25, -0.2) is 12.8 Å². The number of fused-ring (bicyclic) bond motifs is 1. The van der Waals surface area contributed by atoms with Gasteiger partial charge in [0.15, 0.2) is 9.84 Å². The Kier molecular flexibility index (Phi) is 8.48. The first-order valence-corrected chi connectivity index (χ1v) is 16.4. The number of nitrogens with zero attached hydrogens (tertiary/aromatic N) is 3. The van der Waals surface area contributed by atoms with Crippen LogP contribution in [-0.2, 0) is 16.9 Å². The maximum absolute atomic E-state index is 13.5. The standard InChI is InChI=1S/C28H39ClFN5O4S/c1-34-26(31)24(27(36)32-21-6-7-23(30)22(29)14-21)25(33-34)18-12-19-15-28(37,16-20(19)13-18)17-40(38,39)11-5-10-35-8-3-2-4-9-35/h6-7,14,18-20,37H,2-5,8-13,15-17,31H2,1H3,(H,32,36). The minimum Gasteiger partial charge on any atom is -0.389 e. The predicted molar refractivity (Wildman–Crippen MR) is 154 cm³/mol. The van der Waals surface area contributed by atoms with E-state index in [9.17, 15) is 22.7 Å². The Morgan fingerprint density at radius 2 is 1.90 bits per heavy atom. The van der Waals surface area contributed by atoms with Crippen molar-refractivity contribution in [2.24, 2.45) is 18.9 Å². The van der Waals surface area contributed by atoms with Gasteiger partial charge in [0.25, 0.3) is 5.91 Å². The number of likely N-dealkylation sites (tertiary alicyclic amines) is 1. The van der Waals surface area contributed by atoms with Gasteiger partial charge in [0.05, 0.1) is 27.8 Å². The summed E-state index contributed by atoms with van der Waals surface area (Å²) in [5.41, 5.74) is 6.24. The van der Waals surface area contributed by atoms with Crippen molar-refractivity contribution >= 4 is 38.9 Å². The fourth-order valence-electron chi connectivity index (χ4n) is 7.13. The molecule has 0 bridgehead atoms. The summed E-state index contributed by atoms with van der Waals surface area (Å²) in [6.45, 7) is 2.88. The zero-order chi connectivity index (χ0) is 28.7. The zero-order valence-electron chi connectivity index (χ0n) is 22.9. The van der Waals surface area contributed by atoms with E-state index in [1.165, 1.54) is 42.1 Å². The molecule has 3 fully saturated rings. The number of hydrogen-bond donors (Lipinski definition) is 3. The number of nitrogen functional groups attached to an aromatic ring is 1. The Labute approximate surface area is 240 Å². The van der Waals surface area contributed by atoms with Crippen LogP contribution in [0.3, 0.4) is 0 Å². The Morgan fingerprint density at radius 1 is 1.23 bits per heavy atom. The van der Waals surface area contributed by atoms with E-state index in [4.69, 9.17) is 17.3 Å². The molecule has 4 N–H and O–H groups in total. The molecule has 1 aromatic heterocycles. The lowest BCUT2D eigenvalue weighted by Crippen LogP contribution is -2.37. The molecule has 2 saturated carbocycles. The molecule has 1 aromatic carbocycles. The lowest BCUT2D eigenvalue weighted by molar-refractivity contribution is 0.0611. The predicted octanol–water partition coefficient (Wildman–Crippen LogP) is 3.97. The molecule has 9 nitrogen and oxygen atoms in total. The summed E-state index contributed by atoms with van der Waals surface area (Å²) < 4.78 is 40.8. The van der Waals surface area contributed by atoms with Crippen LogP contribution in [0.5, 0.6) is 0 Å². The number of piperidine rings is 1. The largest absolute Gasteiger partial charge is 0.389 e. The van der Waals surface area contributed by atoms with Gasteiger partial charge in [0, 0.05) is 18.7 Å². The van der Waals surface area contributed by atoms with Crippen LogP contribution in [0.4, 0.5) is 15.9 Å². The van der Waals surface area contributed by atoms with Gasteiger partial charge >= 0.3 is 0 Å². The van der Waals surface area contributed by atoms with E-state index >= 15 is 0 Å². The quantitative estimate of drug-likeness (QED) is 0.400. The second kappa shape index (κ2) is 11.6. The van der Waals surface area contributed by atoms with Crippen molar-refractivity contribution < 1.29 is 22.7 Å². The number of nitrogens with two attached hydrogens (primary N) is 1. The number of anilines is 2. The molecular formula is C28H39ClFN5O4S. The van der Waals surface area contributed by atoms with Crippen molar-refractivity contribution in [1.29, 1.82) is 0 Å². The molecule has 5 rings (SSSR count). The number of carbonyl (C=O) groups is 1. The first-order valence-electron chi connectivity index (χ1n) is 14.2. The van der Waals surface area contributed by atoms with E-state index in [0.717, 1.165) is 19.6 Å². The van der Waals surface area contributed by atoms with Gasteiger partial charge in [-0.05, 0) is 94.6 Å². The van der Waals surface area contributed by atoms with Gasteiger partial charge in [-0.3, -0.25) is 9.48 Å². The average Bonchev–Trinajstić information content (AvgIpc) is 3.50. The number of amides is 1. The molecular weight excluding hydrogens is 557 g/mol. The molecule has 220 valence electrons. The Bertz CT molecular complexity index is 1350. The fraction of sp³-hybridized carbons (Fsp3) is 0.643. The Hall–Kier alpha value is -2.21. The molecule has 0 spiro atoms. The van der Waals surface area contributed by atoms with Crippen molar-refractivity contribution in [3.05, 3.63) is 40.3 Å². The number of aliphatic hydroxyl groups is 1. The summed E-state index contributed by atoms with van der Waals surface area (Å²) >= 11 is 5.86. The normalized spacial score (nSPS) is 27.1. The molecule has 1 amide bonds. The lowest BCUT2D eigenvalue weighted by Gasteiger charge is -2.27. The molecule has 1 aliphatic heterocycles. The van der Waals surface area contributed by atoms with Crippen LogP contribution < -0.4 is 11.1 Å². The second-order valence-electron chi connectivity index (χ2n) is 12.0. The van der Waals surface area contributed by atoms with E-state index < -0.39 is 27.2 Å². The number of nitrogens with one attached hydrogen (secondary N) is 1. The third-order valence-corrected chi connectivity index (χ3v) is 11.1. The van der Waals surface area contributed by atoms with Gasteiger partial charge in [0.2, 0.25) is 0 Å². The van der Waals surface area contributed by atoms with Crippen LogP contribution in [0.1, 0.15) is 73.3 Å². The van der Waals surface area contributed by atoms with E-state index in [1.807, 2.05) is 0 Å². The maximum atomic E-state index is 13.5. The fourth-order valence-corrected chi connectivity index (χ4v) is 9.08. The van der Waals surface area contributed by atoms with Crippen molar-refractivity contribution in [3.8, 4) is 0 Å². The second-order valence-corrected chi connectivity index (χ2v) is 14.6. The third kappa shape index (κ3) is 6.48. The van der Waals surface area contributed by atoms with Gasteiger partial charge in [-0.15, -0.1) is 0 Å². The maximum Gasteiger partial charge on any atom is 0.261 e. The van der Waals surface area contributed by atoms with Crippen LogP contribution in [0.2, 0.25) is 5.02 Å². The first kappa shape index (κ1) is 29.3. The van der Waals surface area contributed by atoms with Crippen molar-refractivity contribution in [1.82, 2.24) is 14.7 Å². The molecule has 2 aromatic rings. The van der Waals surface area contributed by atoms with E-state index in [0.29, 0.717) is 43.5 Å². The van der Waals surface area contributed by atoms with Gasteiger partial charge < -0.3 is 21.1 Å². The molecule has 2 unspecified atom stereocenters. The molecule has 0 radical (unpaired) electrons. The molecule has 2 heterocycles. The summed E-state index contributed by atoms with van der Waals surface area (Å²) in [5.74, 6) is -0.637. The SMILES string of the molecule is Cn1nc(C2CC3CC(O)(CS(=O)(=O)CCCN4CCCCC4)CC3C2)c(C(=O)Nc2ccc(F)c(Cl)c2)c1N. The molecule has 12 heteroatoms. The minimum absolute atomic E-state index is 0.0400. The number of rotatable bonds is 9. The molecule has 2 aliphatic carbocycles. The Morgan fingerprint density at radius 3 is 2.55 bits per heavy atom. The van der Waals surface area contributed by atoms with Gasteiger partial charge in [-0.1, -0.05) is 18.0 Å². The molecule has 3 aliphatic rings. The summed E-state index contributed by atoms with van der Waals surface area (Å²) in [5, 5.41) is 18.5. The zero-order valence-corrected chi connectivity index (χ0v) is 24.5. The van der Waals surface area contributed by atoms with E-state index in [-0.39, 0.29) is 45.7 Å². The van der Waals surface area contributed by atoms with Crippen LogP contribution in [0.15, 0.2) is 18.2 Å². The molecule has 40 heavy (non-hydrogen) atoms. The highest BCUT2D eigenvalue weighted by atomic mass is 35.5. The van der Waals surface area contributed by atoms with Crippen molar-refractivity contribution in [2.75, 3.05) is 42.2 Å². The highest BCUT2D eigenvalue weighted by molar-refractivity contribution is 7.91. The van der Waals surface area contributed by atoms with E-state index in [2.05, 4.69) is 15.3 Å². The molecule has 1 saturated heterocycles. The summed E-state index contributed by atoms with van der Waals surface area (Å²) in [4.78, 5) is 15.6. The number of aromatic nitrogens is 2. The average molecular weight is 596 g/mol. The lowest BCUT2D eigenvalue weighted by atomic mass is 9.92. The van der Waals surface area contributed by atoms with Crippen LogP contribution >= 0.6 is 11.6 Å². The first-order chi connectivity index (χ1) is 18.9. The highest BCUT2D eigenvalue weighted by Gasteiger charge is 2.51. The minimum atomic E-state index is -3.37. The number of carbonyl (C=O) groups excluding carboxylic acids is 1. The number of aryl methyl sites for hydroxylation is 1. The van der Waals surface area contributed by atoms with Crippen LogP contribution in [0, 0.1) is 17.7 Å². The van der Waals surface area contributed by atoms with Crippen molar-refractivity contribution in [3.63, 3.8) is 0 Å². The Balaban J connectivity index is 1.20. The number of sulfone groups is 1. The van der Waals surface area contributed by atoms with Gasteiger partial charge in [-0.2, -0.15) is 5.10 Å². The number of hydrogen-bond acceptors (Lipinski definition) is 7. The third-order valence-electron chi connectivity index (χ3n) is 8.90. The number of halogens is 2. The summed E-state index contributed by atoms with van der Waals surface area (Å²) in [6.07, 6.45) is 6.45. The molecule has 2 atom stereocenters. The number of benzene rings is 1. The summed E-state index contributed by atoms with van der Waals surface area (Å²) in [7, 11) is -1.70. The highest BCUT2D eigenvalue weighted by Crippen LogP contribution is 2.54. The monoisotopic (exact) mass is 595 g/mol. The van der Waals surface area contributed by atoms with E-state index in [1.54, 1.807) is 7.05 Å². The topological polar surface area (TPSA) is 131 Å². The van der Waals surface area contributed by atoms with Gasteiger partial charge in [0.1, 0.15) is 17.2 Å². The smallest absolute Gasteiger partial charge is 0.261 e. The summed E-state index contributed by atoms with van der Waals surface area (Å²) in [6, 6.07) is 3.94. The van der Waals surface area contributed by atoms with Crippen LogP contribution in [0.25, 0.3) is 0 Å². The van der Waals surface area contributed by atoms with Crippen LogP contribution in [-0.4, -0.2) is 70.9 Å². The van der Waals surface area contributed by atoms with Crippen molar-refractivity contribution in [2.45, 2.75) is 62.9 Å².